The zero-order valence-corrected chi connectivity index (χ0v) is 8.28. The van der Waals surface area contributed by atoms with Gasteiger partial charge in [0.2, 0.25) is 0 Å². The number of hydrogen-bond donors (Lipinski definition) is 0. The Bertz CT molecular complexity index is 160. The van der Waals surface area contributed by atoms with Crippen LogP contribution < -0.4 is 0 Å². The lowest BCUT2D eigenvalue weighted by Gasteiger charge is -2.37. The third-order valence-electron chi connectivity index (χ3n) is 2.49. The van der Waals surface area contributed by atoms with E-state index in [4.69, 9.17) is 0 Å². The first-order valence-corrected chi connectivity index (χ1v) is 4.56. The van der Waals surface area contributed by atoms with Gasteiger partial charge < -0.3 is 0 Å². The van der Waals surface area contributed by atoms with Crippen molar-refractivity contribution in [3.63, 3.8) is 0 Å². The average Bonchev–Trinajstić information content (AvgIpc) is 2.27. The quantitative estimate of drug-likeness (QED) is 0.574. The number of alkyl halides is 3. The standard InChI is InChI=1S/C9H16F3N/c1-8(2,3)13-6-4-5-7(13)9(10,11)12/h7H,4-6H2,1-3H3. The lowest BCUT2D eigenvalue weighted by Crippen LogP contribution is -2.50. The van der Waals surface area contributed by atoms with Gasteiger partial charge in [-0.25, -0.2) is 0 Å². The minimum absolute atomic E-state index is 0.251. The lowest BCUT2D eigenvalue weighted by atomic mass is 10.0. The minimum Gasteiger partial charge on any atom is -0.287 e. The molecule has 0 aromatic carbocycles. The fourth-order valence-corrected chi connectivity index (χ4v) is 1.91. The van der Waals surface area contributed by atoms with Crippen LogP contribution >= 0.6 is 0 Å². The van der Waals surface area contributed by atoms with Crippen molar-refractivity contribution in [2.24, 2.45) is 0 Å². The Morgan fingerprint density at radius 1 is 1.15 bits per heavy atom. The molecule has 1 aliphatic heterocycles. The Labute approximate surface area is 76.9 Å². The Kier molecular flexibility index (Phi) is 2.63. The monoisotopic (exact) mass is 195 g/mol. The van der Waals surface area contributed by atoms with E-state index in [0.29, 0.717) is 13.0 Å². The van der Waals surface area contributed by atoms with Gasteiger partial charge in [0.15, 0.2) is 0 Å². The first kappa shape index (κ1) is 10.8. The molecule has 1 aliphatic rings. The van der Waals surface area contributed by atoms with Gasteiger partial charge in [0, 0.05) is 5.54 Å². The maximum Gasteiger partial charge on any atom is 0.404 e. The fraction of sp³-hybridized carbons (Fsp3) is 1.00. The smallest absolute Gasteiger partial charge is 0.287 e. The second-order valence-corrected chi connectivity index (χ2v) is 4.56. The van der Waals surface area contributed by atoms with Gasteiger partial charge in [0.25, 0.3) is 0 Å². The second-order valence-electron chi connectivity index (χ2n) is 4.56. The van der Waals surface area contributed by atoms with Crippen molar-refractivity contribution in [3.8, 4) is 0 Å². The molecule has 0 spiro atoms. The van der Waals surface area contributed by atoms with Crippen LogP contribution in [0.2, 0.25) is 0 Å². The van der Waals surface area contributed by atoms with Gasteiger partial charge in [-0.3, -0.25) is 4.90 Å². The highest BCUT2D eigenvalue weighted by Gasteiger charge is 2.48. The fourth-order valence-electron chi connectivity index (χ4n) is 1.91. The van der Waals surface area contributed by atoms with E-state index in [2.05, 4.69) is 0 Å². The molecule has 1 atom stereocenters. The van der Waals surface area contributed by atoms with Crippen molar-refractivity contribution < 1.29 is 13.2 Å². The zero-order chi connectivity index (χ0) is 10.3. The van der Waals surface area contributed by atoms with Crippen LogP contribution in [0.4, 0.5) is 13.2 Å². The molecule has 1 unspecified atom stereocenters. The van der Waals surface area contributed by atoms with Crippen molar-refractivity contribution in [1.82, 2.24) is 4.90 Å². The molecular formula is C9H16F3N. The molecule has 0 aromatic rings. The topological polar surface area (TPSA) is 3.24 Å². The third-order valence-corrected chi connectivity index (χ3v) is 2.49. The number of likely N-dealkylation sites (tertiary alicyclic amines) is 1. The predicted octanol–water partition coefficient (Wildman–Crippen LogP) is 2.81. The molecule has 0 amide bonds. The highest BCUT2D eigenvalue weighted by atomic mass is 19.4. The molecule has 0 N–H and O–H groups in total. The first-order chi connectivity index (χ1) is 5.73. The molecule has 0 saturated carbocycles. The van der Waals surface area contributed by atoms with Crippen molar-refractivity contribution in [3.05, 3.63) is 0 Å². The minimum atomic E-state index is -4.07. The van der Waals surface area contributed by atoms with Gasteiger partial charge in [0.05, 0.1) is 0 Å². The van der Waals surface area contributed by atoms with Gasteiger partial charge in [-0.05, 0) is 40.2 Å². The molecule has 1 rings (SSSR count). The zero-order valence-electron chi connectivity index (χ0n) is 8.28. The summed E-state index contributed by atoms with van der Waals surface area (Å²) in [6.07, 6.45) is -3.16. The Morgan fingerprint density at radius 2 is 1.69 bits per heavy atom. The van der Waals surface area contributed by atoms with Crippen LogP contribution in [0, 0.1) is 0 Å². The van der Waals surface area contributed by atoms with Crippen LogP contribution in [0.1, 0.15) is 33.6 Å². The number of nitrogens with zero attached hydrogens (tertiary/aromatic N) is 1. The molecule has 1 saturated heterocycles. The van der Waals surface area contributed by atoms with Crippen LogP contribution in [-0.4, -0.2) is 29.2 Å². The largest absolute Gasteiger partial charge is 0.404 e. The highest BCUT2D eigenvalue weighted by Crippen LogP contribution is 2.36. The van der Waals surface area contributed by atoms with Crippen LogP contribution in [0.3, 0.4) is 0 Å². The maximum atomic E-state index is 12.5. The third kappa shape index (κ3) is 2.36. The number of rotatable bonds is 0. The summed E-state index contributed by atoms with van der Waals surface area (Å²) >= 11 is 0. The van der Waals surface area contributed by atoms with E-state index in [9.17, 15) is 13.2 Å². The summed E-state index contributed by atoms with van der Waals surface area (Å²) in [4.78, 5) is 1.55. The molecule has 0 bridgehead atoms. The first-order valence-electron chi connectivity index (χ1n) is 4.56. The number of halogens is 3. The molecule has 0 aliphatic carbocycles. The number of hydrogen-bond acceptors (Lipinski definition) is 1. The molecule has 0 radical (unpaired) electrons. The van der Waals surface area contributed by atoms with Crippen LogP contribution in [0.5, 0.6) is 0 Å². The SMILES string of the molecule is CC(C)(C)N1CCCC1C(F)(F)F. The molecule has 4 heteroatoms. The van der Waals surface area contributed by atoms with Gasteiger partial charge in [0.1, 0.15) is 6.04 Å². The molecule has 13 heavy (non-hydrogen) atoms. The Morgan fingerprint density at radius 3 is 2.00 bits per heavy atom. The summed E-state index contributed by atoms with van der Waals surface area (Å²) in [5, 5.41) is 0. The van der Waals surface area contributed by atoms with E-state index in [0.717, 1.165) is 0 Å². The summed E-state index contributed by atoms with van der Waals surface area (Å²) in [5.74, 6) is 0. The van der Waals surface area contributed by atoms with Crippen molar-refractivity contribution in [2.75, 3.05) is 6.54 Å². The molecular weight excluding hydrogens is 179 g/mol. The van der Waals surface area contributed by atoms with Gasteiger partial charge in [-0.1, -0.05) is 0 Å². The van der Waals surface area contributed by atoms with Crippen molar-refractivity contribution >= 4 is 0 Å². The lowest BCUT2D eigenvalue weighted by molar-refractivity contribution is -0.186. The maximum absolute atomic E-state index is 12.5. The van der Waals surface area contributed by atoms with E-state index >= 15 is 0 Å². The highest BCUT2D eigenvalue weighted by molar-refractivity contribution is 4.91. The van der Waals surface area contributed by atoms with E-state index in [1.54, 1.807) is 4.90 Å². The van der Waals surface area contributed by atoms with Crippen LogP contribution in [0.15, 0.2) is 0 Å². The molecule has 1 nitrogen and oxygen atoms in total. The summed E-state index contributed by atoms with van der Waals surface area (Å²) in [7, 11) is 0. The van der Waals surface area contributed by atoms with E-state index in [-0.39, 0.29) is 12.0 Å². The molecule has 0 aromatic heterocycles. The van der Waals surface area contributed by atoms with Crippen molar-refractivity contribution in [1.29, 1.82) is 0 Å². The summed E-state index contributed by atoms with van der Waals surface area (Å²) in [5.41, 5.74) is -0.378. The average molecular weight is 195 g/mol. The van der Waals surface area contributed by atoms with Gasteiger partial charge in [-0.15, -0.1) is 0 Å². The summed E-state index contributed by atoms with van der Waals surface area (Å²) < 4.78 is 37.5. The van der Waals surface area contributed by atoms with Gasteiger partial charge >= 0.3 is 6.18 Å². The van der Waals surface area contributed by atoms with Gasteiger partial charge in [-0.2, -0.15) is 13.2 Å². The Hall–Kier alpha value is -0.250. The summed E-state index contributed by atoms with van der Waals surface area (Å²) in [6, 6.07) is -1.23. The van der Waals surface area contributed by atoms with E-state index in [1.165, 1.54) is 0 Å². The van der Waals surface area contributed by atoms with Crippen LogP contribution in [-0.2, 0) is 0 Å². The van der Waals surface area contributed by atoms with Crippen LogP contribution in [0.25, 0.3) is 0 Å². The molecule has 78 valence electrons. The van der Waals surface area contributed by atoms with E-state index in [1.807, 2.05) is 20.8 Å². The summed E-state index contributed by atoms with van der Waals surface area (Å²) in [6.45, 7) is 6.05. The molecule has 1 fully saturated rings. The second kappa shape index (κ2) is 3.15. The normalized spacial score (nSPS) is 26.8. The Balaban J connectivity index is 2.76. The molecule has 1 heterocycles. The predicted molar refractivity (Wildman–Crippen MR) is 45.5 cm³/mol. The van der Waals surface area contributed by atoms with E-state index < -0.39 is 12.2 Å². The van der Waals surface area contributed by atoms with Crippen molar-refractivity contribution in [2.45, 2.75) is 51.4 Å².